The molecule has 1 aromatic heterocycles. The minimum Gasteiger partial charge on any atom is -0.370 e. The Kier molecular flexibility index (Phi) is 5.44. The van der Waals surface area contributed by atoms with Gasteiger partial charge in [0, 0.05) is 32.0 Å². The second kappa shape index (κ2) is 7.78. The van der Waals surface area contributed by atoms with Crippen molar-refractivity contribution in [2.24, 2.45) is 0 Å². The highest BCUT2D eigenvalue weighted by Gasteiger charge is 2.44. The number of aromatic nitrogens is 1. The third-order valence-corrected chi connectivity index (χ3v) is 4.86. The molecule has 1 saturated heterocycles. The van der Waals surface area contributed by atoms with Gasteiger partial charge in [-0.3, -0.25) is 9.59 Å². The van der Waals surface area contributed by atoms with Crippen LogP contribution < -0.4 is 5.32 Å². The van der Waals surface area contributed by atoms with Crippen molar-refractivity contribution in [3.63, 3.8) is 0 Å². The van der Waals surface area contributed by atoms with Gasteiger partial charge in [0.05, 0.1) is 6.54 Å². The van der Waals surface area contributed by atoms with Crippen LogP contribution >= 0.6 is 0 Å². The Labute approximate surface area is 160 Å². The van der Waals surface area contributed by atoms with E-state index in [9.17, 15) is 9.59 Å². The second-order valence-corrected chi connectivity index (χ2v) is 7.27. The number of carbonyl (C=O) groups excluding carboxylic acids is 2. The zero-order valence-corrected chi connectivity index (χ0v) is 16.1. The Morgan fingerprint density at radius 3 is 2.52 bits per heavy atom. The molecule has 142 valence electrons. The van der Waals surface area contributed by atoms with Crippen LogP contribution in [-0.4, -0.2) is 59.3 Å². The van der Waals surface area contributed by atoms with Crippen LogP contribution in [0.25, 0.3) is 0 Å². The smallest absolute Gasteiger partial charge is 0.272 e. The molecule has 2 heterocycles. The predicted octanol–water partition coefficient (Wildman–Crippen LogP) is 2.57. The predicted molar refractivity (Wildman–Crippen MR) is 106 cm³/mol. The van der Waals surface area contributed by atoms with Gasteiger partial charge in [-0.1, -0.05) is 24.3 Å². The van der Waals surface area contributed by atoms with Gasteiger partial charge in [-0.25, -0.2) is 4.98 Å². The number of nitrogens with zero attached hydrogens (tertiary/aromatic N) is 3. The highest BCUT2D eigenvalue weighted by molar-refractivity contribution is 5.95. The van der Waals surface area contributed by atoms with Crippen LogP contribution in [-0.2, 0) is 4.79 Å². The van der Waals surface area contributed by atoms with E-state index in [0.717, 1.165) is 17.8 Å². The lowest BCUT2D eigenvalue weighted by Gasteiger charge is -2.43. The molecule has 1 N–H and O–H groups in total. The van der Waals surface area contributed by atoms with Gasteiger partial charge in [0.25, 0.3) is 5.91 Å². The number of para-hydroxylation sites is 1. The molecule has 6 nitrogen and oxygen atoms in total. The maximum Gasteiger partial charge on any atom is 0.272 e. The molecular weight excluding hydrogens is 340 g/mol. The molecular formula is C21H26N4O2. The average molecular weight is 366 g/mol. The summed E-state index contributed by atoms with van der Waals surface area (Å²) in [6.07, 6.45) is 1.42. The number of rotatable bonds is 4. The summed E-state index contributed by atoms with van der Waals surface area (Å²) in [6, 6.07) is 15.1. The first-order valence-electron chi connectivity index (χ1n) is 9.19. The van der Waals surface area contributed by atoms with Crippen molar-refractivity contribution >= 4 is 17.5 Å². The topological polar surface area (TPSA) is 65.5 Å². The Morgan fingerprint density at radius 2 is 1.85 bits per heavy atom. The number of amides is 2. The summed E-state index contributed by atoms with van der Waals surface area (Å²) < 4.78 is 0. The van der Waals surface area contributed by atoms with Crippen LogP contribution in [0.2, 0.25) is 0 Å². The number of carbonyl (C=O) groups is 2. The molecule has 0 radical (unpaired) electrons. The first-order chi connectivity index (χ1) is 12.9. The van der Waals surface area contributed by atoms with Crippen LogP contribution in [0.1, 0.15) is 29.0 Å². The van der Waals surface area contributed by atoms with Crippen LogP contribution in [0, 0.1) is 6.92 Å². The standard InChI is InChI=1S/C21H26N4O2/c1-16-9-7-12-18(22-16)19(26)25-14-8-13-21(15-25,20(27)24(2)3)23-17-10-5-4-6-11-17/h4-7,9-12,23H,8,13-15H2,1-3H3. The van der Waals surface area contributed by atoms with Gasteiger partial charge in [-0.15, -0.1) is 0 Å². The molecule has 1 aromatic carbocycles. The van der Waals surface area contributed by atoms with Gasteiger partial charge in [0.2, 0.25) is 5.91 Å². The zero-order chi connectivity index (χ0) is 19.4. The fraction of sp³-hybridized carbons (Fsp3) is 0.381. The Bertz CT molecular complexity index is 822. The molecule has 0 bridgehead atoms. The minimum absolute atomic E-state index is 0.0268. The highest BCUT2D eigenvalue weighted by atomic mass is 16.2. The second-order valence-electron chi connectivity index (χ2n) is 7.27. The molecule has 6 heteroatoms. The molecule has 1 fully saturated rings. The monoisotopic (exact) mass is 366 g/mol. The Balaban J connectivity index is 1.89. The number of nitrogens with one attached hydrogen (secondary N) is 1. The number of likely N-dealkylation sites (tertiary alicyclic amines) is 1. The van der Waals surface area contributed by atoms with E-state index in [1.807, 2.05) is 49.4 Å². The lowest BCUT2D eigenvalue weighted by molar-refractivity contribution is -0.135. The van der Waals surface area contributed by atoms with E-state index in [-0.39, 0.29) is 11.8 Å². The lowest BCUT2D eigenvalue weighted by Crippen LogP contribution is -2.62. The van der Waals surface area contributed by atoms with E-state index in [1.54, 1.807) is 30.0 Å². The molecule has 3 rings (SSSR count). The summed E-state index contributed by atoms with van der Waals surface area (Å²) in [5, 5.41) is 3.42. The SMILES string of the molecule is Cc1cccc(C(=O)N2CCCC(Nc3ccccc3)(C(=O)N(C)C)C2)n1. The first kappa shape index (κ1) is 18.9. The van der Waals surface area contributed by atoms with E-state index < -0.39 is 5.54 Å². The number of likely N-dealkylation sites (N-methyl/N-ethyl adjacent to an activating group) is 1. The van der Waals surface area contributed by atoms with E-state index >= 15 is 0 Å². The fourth-order valence-corrected chi connectivity index (χ4v) is 3.61. The largest absolute Gasteiger partial charge is 0.370 e. The third-order valence-electron chi connectivity index (χ3n) is 4.86. The number of pyridine rings is 1. The Hall–Kier alpha value is -2.89. The molecule has 1 aliphatic rings. The summed E-state index contributed by atoms with van der Waals surface area (Å²) in [7, 11) is 3.50. The molecule has 1 aliphatic heterocycles. The van der Waals surface area contributed by atoms with Gasteiger partial charge in [0.15, 0.2) is 0 Å². The van der Waals surface area contributed by atoms with E-state index in [0.29, 0.717) is 25.2 Å². The number of hydrogen-bond donors (Lipinski definition) is 1. The molecule has 0 saturated carbocycles. The summed E-state index contributed by atoms with van der Waals surface area (Å²) in [5.41, 5.74) is 1.25. The fourth-order valence-electron chi connectivity index (χ4n) is 3.61. The minimum atomic E-state index is -0.845. The summed E-state index contributed by atoms with van der Waals surface area (Å²) >= 11 is 0. The van der Waals surface area contributed by atoms with E-state index in [2.05, 4.69) is 10.3 Å². The third kappa shape index (κ3) is 4.10. The van der Waals surface area contributed by atoms with Gasteiger partial charge in [-0.05, 0) is 44.0 Å². The number of hydrogen-bond acceptors (Lipinski definition) is 4. The van der Waals surface area contributed by atoms with Crippen molar-refractivity contribution in [1.29, 1.82) is 0 Å². The van der Waals surface area contributed by atoms with Gasteiger partial charge in [0.1, 0.15) is 11.2 Å². The number of benzene rings is 1. The number of anilines is 1. The average Bonchev–Trinajstić information content (AvgIpc) is 2.67. The normalized spacial score (nSPS) is 19.4. The van der Waals surface area contributed by atoms with Crippen LogP contribution in [0.15, 0.2) is 48.5 Å². The van der Waals surface area contributed by atoms with Crippen LogP contribution in [0.5, 0.6) is 0 Å². The van der Waals surface area contributed by atoms with Gasteiger partial charge < -0.3 is 15.1 Å². The van der Waals surface area contributed by atoms with Crippen molar-refractivity contribution in [3.8, 4) is 0 Å². The number of aryl methyl sites for hydroxylation is 1. The summed E-state index contributed by atoms with van der Waals surface area (Å²) in [5.74, 6) is -0.162. The molecule has 2 aromatic rings. The molecule has 0 aliphatic carbocycles. The van der Waals surface area contributed by atoms with Crippen LogP contribution in [0.4, 0.5) is 5.69 Å². The first-order valence-corrected chi connectivity index (χ1v) is 9.19. The highest BCUT2D eigenvalue weighted by Crippen LogP contribution is 2.28. The van der Waals surface area contributed by atoms with Crippen LogP contribution in [0.3, 0.4) is 0 Å². The molecule has 27 heavy (non-hydrogen) atoms. The van der Waals surface area contributed by atoms with Crippen molar-refractivity contribution in [1.82, 2.24) is 14.8 Å². The molecule has 1 atom stereocenters. The lowest BCUT2D eigenvalue weighted by atomic mass is 9.86. The van der Waals surface area contributed by atoms with Crippen molar-refractivity contribution < 1.29 is 9.59 Å². The van der Waals surface area contributed by atoms with Crippen molar-refractivity contribution in [2.45, 2.75) is 25.3 Å². The molecule has 1 unspecified atom stereocenters. The van der Waals surface area contributed by atoms with E-state index in [1.165, 1.54) is 0 Å². The molecule has 2 amide bonds. The maximum absolute atomic E-state index is 13.1. The van der Waals surface area contributed by atoms with Gasteiger partial charge >= 0.3 is 0 Å². The Morgan fingerprint density at radius 1 is 1.11 bits per heavy atom. The van der Waals surface area contributed by atoms with E-state index in [4.69, 9.17) is 0 Å². The molecule has 0 spiro atoms. The summed E-state index contributed by atoms with van der Waals surface area (Å²) in [4.78, 5) is 33.8. The van der Waals surface area contributed by atoms with Crippen molar-refractivity contribution in [2.75, 3.05) is 32.5 Å². The number of piperidine rings is 1. The summed E-state index contributed by atoms with van der Waals surface area (Å²) in [6.45, 7) is 2.80. The zero-order valence-electron chi connectivity index (χ0n) is 16.1. The van der Waals surface area contributed by atoms with Crippen molar-refractivity contribution in [3.05, 3.63) is 59.9 Å². The quantitative estimate of drug-likeness (QED) is 0.903. The maximum atomic E-state index is 13.1. The van der Waals surface area contributed by atoms with Gasteiger partial charge in [-0.2, -0.15) is 0 Å².